The molecule has 0 atom stereocenters. The highest BCUT2D eigenvalue weighted by atomic mass is 16.4. The molecule has 0 radical (unpaired) electrons. The van der Waals surface area contributed by atoms with Gasteiger partial charge in [-0.25, -0.2) is 9.78 Å². The van der Waals surface area contributed by atoms with Crippen molar-refractivity contribution in [3.63, 3.8) is 0 Å². The molecule has 2 N–H and O–H groups in total. The van der Waals surface area contributed by atoms with Crippen molar-refractivity contribution in [2.45, 2.75) is 6.92 Å². The van der Waals surface area contributed by atoms with Gasteiger partial charge < -0.3 is 10.1 Å². The molecule has 3 aromatic rings. The van der Waals surface area contributed by atoms with Crippen molar-refractivity contribution < 1.29 is 9.90 Å². The second-order valence-electron chi connectivity index (χ2n) is 4.31. The number of benzene rings is 1. The molecule has 5 heteroatoms. The molecule has 0 aliphatic carbocycles. The first-order valence-electron chi connectivity index (χ1n) is 5.79. The summed E-state index contributed by atoms with van der Waals surface area (Å²) in [5.74, 6) is -0.475. The average molecular weight is 253 g/mol. The molecule has 0 saturated heterocycles. The number of aromatic amines is 1. The standard InChI is InChI=1S/C14H11N3O2/c1-8-2-3-9-6-10(4-5-11(9)16-8)13-15-7-12(17-13)14(18)19/h2-7H,1H3,(H,15,17)(H,18,19). The van der Waals surface area contributed by atoms with Crippen LogP contribution in [0.15, 0.2) is 36.5 Å². The smallest absolute Gasteiger partial charge is 0.353 e. The largest absolute Gasteiger partial charge is 0.477 e. The van der Waals surface area contributed by atoms with Gasteiger partial charge in [0.05, 0.1) is 11.7 Å². The molecule has 0 saturated carbocycles. The molecule has 19 heavy (non-hydrogen) atoms. The van der Waals surface area contributed by atoms with Gasteiger partial charge in [0.1, 0.15) is 11.5 Å². The molecule has 94 valence electrons. The van der Waals surface area contributed by atoms with E-state index in [1.807, 2.05) is 37.3 Å². The fraction of sp³-hybridized carbons (Fsp3) is 0.0714. The van der Waals surface area contributed by atoms with E-state index in [0.29, 0.717) is 5.82 Å². The van der Waals surface area contributed by atoms with Gasteiger partial charge in [-0.3, -0.25) is 4.98 Å². The summed E-state index contributed by atoms with van der Waals surface area (Å²) in [5, 5.41) is 9.86. The van der Waals surface area contributed by atoms with E-state index in [4.69, 9.17) is 5.11 Å². The third-order valence-corrected chi connectivity index (χ3v) is 2.91. The maximum Gasteiger partial charge on any atom is 0.353 e. The van der Waals surface area contributed by atoms with Crippen LogP contribution in [0, 0.1) is 6.92 Å². The Morgan fingerprint density at radius 1 is 1.26 bits per heavy atom. The highest BCUT2D eigenvalue weighted by molar-refractivity contribution is 5.87. The number of H-pyrrole nitrogens is 1. The third-order valence-electron chi connectivity index (χ3n) is 2.91. The van der Waals surface area contributed by atoms with E-state index >= 15 is 0 Å². The van der Waals surface area contributed by atoms with Crippen molar-refractivity contribution in [2.24, 2.45) is 0 Å². The lowest BCUT2D eigenvalue weighted by molar-refractivity contribution is 0.0691. The Morgan fingerprint density at radius 3 is 2.84 bits per heavy atom. The van der Waals surface area contributed by atoms with Crippen LogP contribution in [0.25, 0.3) is 22.3 Å². The van der Waals surface area contributed by atoms with Crippen molar-refractivity contribution in [1.82, 2.24) is 15.0 Å². The number of imidazole rings is 1. The summed E-state index contributed by atoms with van der Waals surface area (Å²) in [5.41, 5.74) is 2.79. The molecule has 2 aromatic heterocycles. The quantitative estimate of drug-likeness (QED) is 0.735. The van der Waals surface area contributed by atoms with Crippen LogP contribution in [-0.4, -0.2) is 26.0 Å². The summed E-state index contributed by atoms with van der Waals surface area (Å²) >= 11 is 0. The summed E-state index contributed by atoms with van der Waals surface area (Å²) in [7, 11) is 0. The Morgan fingerprint density at radius 2 is 2.11 bits per heavy atom. The summed E-state index contributed by atoms with van der Waals surface area (Å²) in [6, 6.07) is 9.64. The number of carboxylic acids is 1. The SMILES string of the molecule is Cc1ccc2cc(-c3ncc(C(=O)O)[nH]3)ccc2n1. The number of hydrogen-bond donors (Lipinski definition) is 2. The van der Waals surface area contributed by atoms with Crippen LogP contribution in [0.2, 0.25) is 0 Å². The van der Waals surface area contributed by atoms with E-state index in [0.717, 1.165) is 22.2 Å². The summed E-state index contributed by atoms with van der Waals surface area (Å²) in [6.45, 7) is 1.94. The van der Waals surface area contributed by atoms with Gasteiger partial charge in [0.25, 0.3) is 0 Å². The lowest BCUT2D eigenvalue weighted by Gasteiger charge is -2.01. The highest BCUT2D eigenvalue weighted by Crippen LogP contribution is 2.21. The molecule has 3 rings (SSSR count). The molecule has 5 nitrogen and oxygen atoms in total. The number of rotatable bonds is 2. The maximum atomic E-state index is 10.8. The maximum absolute atomic E-state index is 10.8. The minimum atomic E-state index is -1.02. The summed E-state index contributed by atoms with van der Waals surface area (Å²) < 4.78 is 0. The van der Waals surface area contributed by atoms with Crippen LogP contribution >= 0.6 is 0 Å². The third kappa shape index (κ3) is 2.06. The van der Waals surface area contributed by atoms with E-state index < -0.39 is 5.97 Å². The first-order chi connectivity index (χ1) is 9.13. The van der Waals surface area contributed by atoms with Gasteiger partial charge >= 0.3 is 5.97 Å². The Balaban J connectivity index is 2.09. The van der Waals surface area contributed by atoms with E-state index in [1.54, 1.807) is 0 Å². The van der Waals surface area contributed by atoms with Crippen molar-refractivity contribution in [3.8, 4) is 11.4 Å². The molecule has 1 aromatic carbocycles. The molecule has 0 amide bonds. The lowest BCUT2D eigenvalue weighted by atomic mass is 10.1. The van der Waals surface area contributed by atoms with Crippen molar-refractivity contribution >= 4 is 16.9 Å². The van der Waals surface area contributed by atoms with Crippen LogP contribution in [0.5, 0.6) is 0 Å². The highest BCUT2D eigenvalue weighted by Gasteiger charge is 2.09. The predicted octanol–water partition coefficient (Wildman–Crippen LogP) is 2.63. The Hall–Kier alpha value is -2.69. The number of nitrogens with one attached hydrogen (secondary N) is 1. The molecule has 0 unspecified atom stereocenters. The number of aromatic carboxylic acids is 1. The van der Waals surface area contributed by atoms with Gasteiger partial charge in [-0.2, -0.15) is 0 Å². The van der Waals surface area contributed by atoms with Crippen LogP contribution in [0.3, 0.4) is 0 Å². The minimum Gasteiger partial charge on any atom is -0.477 e. The second kappa shape index (κ2) is 4.20. The van der Waals surface area contributed by atoms with Crippen LogP contribution in [0.4, 0.5) is 0 Å². The predicted molar refractivity (Wildman–Crippen MR) is 71.0 cm³/mol. The number of nitrogens with zero attached hydrogens (tertiary/aromatic N) is 2. The Labute approximate surface area is 109 Å². The molecule has 0 spiro atoms. The Kier molecular flexibility index (Phi) is 2.52. The van der Waals surface area contributed by atoms with Crippen molar-refractivity contribution in [2.75, 3.05) is 0 Å². The van der Waals surface area contributed by atoms with Gasteiger partial charge in [0, 0.05) is 16.6 Å². The molecule has 0 bridgehead atoms. The number of carbonyl (C=O) groups is 1. The van der Waals surface area contributed by atoms with E-state index in [1.165, 1.54) is 6.20 Å². The fourth-order valence-corrected chi connectivity index (χ4v) is 1.95. The first-order valence-corrected chi connectivity index (χ1v) is 5.79. The van der Waals surface area contributed by atoms with Gasteiger partial charge in [0.15, 0.2) is 0 Å². The monoisotopic (exact) mass is 253 g/mol. The number of hydrogen-bond acceptors (Lipinski definition) is 3. The lowest BCUT2D eigenvalue weighted by Crippen LogP contribution is -1.95. The fourth-order valence-electron chi connectivity index (χ4n) is 1.95. The van der Waals surface area contributed by atoms with E-state index in [2.05, 4.69) is 15.0 Å². The zero-order chi connectivity index (χ0) is 13.4. The number of fused-ring (bicyclic) bond motifs is 1. The van der Waals surface area contributed by atoms with E-state index in [-0.39, 0.29) is 5.69 Å². The van der Waals surface area contributed by atoms with Gasteiger partial charge in [-0.05, 0) is 31.2 Å². The summed E-state index contributed by atoms with van der Waals surface area (Å²) in [6.07, 6.45) is 1.31. The topological polar surface area (TPSA) is 78.9 Å². The number of aryl methyl sites for hydroxylation is 1. The number of carboxylic acid groups (broad SMARTS) is 1. The van der Waals surface area contributed by atoms with E-state index in [9.17, 15) is 4.79 Å². The molecular formula is C14H11N3O2. The molecule has 2 heterocycles. The number of aromatic nitrogens is 3. The zero-order valence-electron chi connectivity index (χ0n) is 10.2. The van der Waals surface area contributed by atoms with Gasteiger partial charge in [-0.15, -0.1) is 0 Å². The average Bonchev–Trinajstić information content (AvgIpc) is 2.88. The first kappa shape index (κ1) is 11.4. The van der Waals surface area contributed by atoms with Gasteiger partial charge in [-0.1, -0.05) is 6.07 Å². The minimum absolute atomic E-state index is 0.0807. The van der Waals surface area contributed by atoms with Crippen molar-refractivity contribution in [3.05, 3.63) is 47.9 Å². The van der Waals surface area contributed by atoms with Crippen LogP contribution < -0.4 is 0 Å². The van der Waals surface area contributed by atoms with Crippen molar-refractivity contribution in [1.29, 1.82) is 0 Å². The molecule has 0 fully saturated rings. The normalized spacial score (nSPS) is 10.8. The zero-order valence-corrected chi connectivity index (χ0v) is 10.2. The summed E-state index contributed by atoms with van der Waals surface area (Å²) in [4.78, 5) is 22.1. The molecular weight excluding hydrogens is 242 g/mol. The molecule has 0 aliphatic rings. The Bertz CT molecular complexity index is 777. The van der Waals surface area contributed by atoms with Crippen LogP contribution in [0.1, 0.15) is 16.2 Å². The second-order valence-corrected chi connectivity index (χ2v) is 4.31. The van der Waals surface area contributed by atoms with Gasteiger partial charge in [0.2, 0.25) is 0 Å². The molecule has 0 aliphatic heterocycles. The van der Waals surface area contributed by atoms with Crippen LogP contribution in [-0.2, 0) is 0 Å². The number of pyridine rings is 1.